The van der Waals surface area contributed by atoms with Crippen molar-refractivity contribution in [1.29, 1.82) is 0 Å². The van der Waals surface area contributed by atoms with Crippen molar-refractivity contribution in [2.45, 2.75) is 11.8 Å². The predicted molar refractivity (Wildman–Crippen MR) is 71.2 cm³/mol. The maximum atomic E-state index is 4.52. The van der Waals surface area contributed by atoms with Gasteiger partial charge in [0.1, 0.15) is 5.82 Å². The van der Waals surface area contributed by atoms with Crippen molar-refractivity contribution in [3.05, 3.63) is 23.9 Å². The van der Waals surface area contributed by atoms with Crippen LogP contribution in [0.5, 0.6) is 0 Å². The minimum Gasteiger partial charge on any atom is -0.355 e. The number of aromatic nitrogens is 1. The Balaban J connectivity index is 2.04. The Morgan fingerprint density at radius 2 is 2.12 bits per heavy atom. The van der Waals surface area contributed by atoms with E-state index in [2.05, 4.69) is 49.9 Å². The van der Waals surface area contributed by atoms with Crippen LogP contribution in [0.15, 0.2) is 18.3 Å². The van der Waals surface area contributed by atoms with Crippen LogP contribution in [0.2, 0.25) is 0 Å². The van der Waals surface area contributed by atoms with Crippen LogP contribution in [0.25, 0.3) is 0 Å². The SMILES string of the molecule is CN1CCCN(c2ccc(CBr)cn2)CC1. The number of hydrogen-bond acceptors (Lipinski definition) is 3. The second-order valence-corrected chi connectivity index (χ2v) is 4.86. The predicted octanol–water partition coefficient (Wildman–Crippen LogP) is 2.12. The molecule has 16 heavy (non-hydrogen) atoms. The molecule has 0 aliphatic carbocycles. The number of hydrogen-bond donors (Lipinski definition) is 0. The molecule has 0 N–H and O–H groups in total. The van der Waals surface area contributed by atoms with Crippen LogP contribution in [0.1, 0.15) is 12.0 Å². The van der Waals surface area contributed by atoms with Crippen LogP contribution in [-0.2, 0) is 5.33 Å². The lowest BCUT2D eigenvalue weighted by Gasteiger charge is -2.21. The first-order chi connectivity index (χ1) is 7.79. The summed E-state index contributed by atoms with van der Waals surface area (Å²) in [7, 11) is 2.19. The van der Waals surface area contributed by atoms with Crippen LogP contribution in [-0.4, -0.2) is 43.1 Å². The van der Waals surface area contributed by atoms with Crippen molar-refractivity contribution in [1.82, 2.24) is 9.88 Å². The van der Waals surface area contributed by atoms with Gasteiger partial charge in [0, 0.05) is 31.2 Å². The monoisotopic (exact) mass is 283 g/mol. The molecule has 88 valence electrons. The second kappa shape index (κ2) is 5.64. The van der Waals surface area contributed by atoms with Gasteiger partial charge in [-0.05, 0) is 31.6 Å². The normalized spacial score (nSPS) is 18.5. The summed E-state index contributed by atoms with van der Waals surface area (Å²) in [5.74, 6) is 1.11. The highest BCUT2D eigenvalue weighted by Gasteiger charge is 2.13. The Morgan fingerprint density at radius 3 is 2.81 bits per heavy atom. The number of rotatable bonds is 2. The fraction of sp³-hybridized carbons (Fsp3) is 0.583. The van der Waals surface area contributed by atoms with E-state index in [1.807, 2.05) is 6.20 Å². The summed E-state index contributed by atoms with van der Waals surface area (Å²) >= 11 is 3.44. The molecule has 1 saturated heterocycles. The number of pyridine rings is 1. The lowest BCUT2D eigenvalue weighted by atomic mass is 10.3. The van der Waals surface area contributed by atoms with E-state index in [9.17, 15) is 0 Å². The molecule has 1 aromatic heterocycles. The summed E-state index contributed by atoms with van der Waals surface area (Å²) in [6.07, 6.45) is 3.18. The van der Waals surface area contributed by atoms with E-state index in [0.29, 0.717) is 0 Å². The van der Waals surface area contributed by atoms with Gasteiger partial charge in [-0.2, -0.15) is 0 Å². The average molecular weight is 284 g/mol. The summed E-state index contributed by atoms with van der Waals surface area (Å²) in [4.78, 5) is 9.28. The highest BCUT2D eigenvalue weighted by atomic mass is 79.9. The molecule has 2 heterocycles. The van der Waals surface area contributed by atoms with Crippen LogP contribution in [0.4, 0.5) is 5.82 Å². The van der Waals surface area contributed by atoms with Gasteiger partial charge in [-0.15, -0.1) is 0 Å². The molecule has 0 atom stereocenters. The minimum atomic E-state index is 0.878. The Bertz CT molecular complexity index is 326. The number of likely N-dealkylation sites (N-methyl/N-ethyl adjacent to an activating group) is 1. The van der Waals surface area contributed by atoms with E-state index >= 15 is 0 Å². The van der Waals surface area contributed by atoms with Gasteiger partial charge in [0.15, 0.2) is 0 Å². The Hall–Kier alpha value is -0.610. The molecule has 4 heteroatoms. The zero-order valence-electron chi connectivity index (χ0n) is 9.69. The first kappa shape index (κ1) is 11.9. The van der Waals surface area contributed by atoms with Crippen molar-refractivity contribution in [2.24, 2.45) is 0 Å². The van der Waals surface area contributed by atoms with Crippen LogP contribution < -0.4 is 4.90 Å². The third-order valence-electron chi connectivity index (χ3n) is 3.01. The van der Waals surface area contributed by atoms with E-state index in [4.69, 9.17) is 0 Å². The third kappa shape index (κ3) is 2.95. The van der Waals surface area contributed by atoms with Crippen LogP contribution in [0, 0.1) is 0 Å². The molecule has 0 radical (unpaired) electrons. The summed E-state index contributed by atoms with van der Waals surface area (Å²) in [5.41, 5.74) is 1.23. The van der Waals surface area contributed by atoms with E-state index in [-0.39, 0.29) is 0 Å². The Labute approximate surface area is 106 Å². The summed E-state index contributed by atoms with van der Waals surface area (Å²) in [6, 6.07) is 4.27. The average Bonchev–Trinajstić information content (AvgIpc) is 2.54. The maximum Gasteiger partial charge on any atom is 0.128 e. The Kier molecular flexibility index (Phi) is 4.18. The van der Waals surface area contributed by atoms with Gasteiger partial charge >= 0.3 is 0 Å². The molecular formula is C12H18BrN3. The van der Waals surface area contributed by atoms with Crippen molar-refractivity contribution < 1.29 is 0 Å². The molecule has 0 unspecified atom stereocenters. The first-order valence-electron chi connectivity index (χ1n) is 5.74. The van der Waals surface area contributed by atoms with Crippen LogP contribution >= 0.6 is 15.9 Å². The highest BCUT2D eigenvalue weighted by molar-refractivity contribution is 9.08. The summed E-state index contributed by atoms with van der Waals surface area (Å²) < 4.78 is 0. The topological polar surface area (TPSA) is 19.4 Å². The summed E-state index contributed by atoms with van der Waals surface area (Å²) in [6.45, 7) is 4.51. The fourth-order valence-corrected chi connectivity index (χ4v) is 2.29. The van der Waals surface area contributed by atoms with Gasteiger partial charge in [0.25, 0.3) is 0 Å². The third-order valence-corrected chi connectivity index (χ3v) is 3.65. The molecule has 2 rings (SSSR count). The van der Waals surface area contributed by atoms with E-state index in [1.165, 1.54) is 18.5 Å². The van der Waals surface area contributed by atoms with Crippen molar-refractivity contribution in [3.63, 3.8) is 0 Å². The van der Waals surface area contributed by atoms with Crippen molar-refractivity contribution in [3.8, 4) is 0 Å². The molecule has 1 aromatic rings. The summed E-state index contributed by atoms with van der Waals surface area (Å²) in [5, 5.41) is 0.878. The van der Waals surface area contributed by atoms with Gasteiger partial charge in [-0.3, -0.25) is 0 Å². The van der Waals surface area contributed by atoms with Gasteiger partial charge in [0.2, 0.25) is 0 Å². The van der Waals surface area contributed by atoms with Crippen LogP contribution in [0.3, 0.4) is 0 Å². The number of anilines is 1. The Morgan fingerprint density at radius 1 is 1.25 bits per heavy atom. The molecule has 1 aliphatic rings. The van der Waals surface area contributed by atoms with E-state index < -0.39 is 0 Å². The largest absolute Gasteiger partial charge is 0.355 e. The molecule has 1 fully saturated rings. The highest BCUT2D eigenvalue weighted by Crippen LogP contribution is 2.14. The number of halogens is 1. The first-order valence-corrected chi connectivity index (χ1v) is 6.86. The molecule has 0 bridgehead atoms. The fourth-order valence-electron chi connectivity index (χ4n) is 1.96. The zero-order chi connectivity index (χ0) is 11.4. The molecule has 0 aromatic carbocycles. The smallest absolute Gasteiger partial charge is 0.128 e. The van der Waals surface area contributed by atoms with Gasteiger partial charge < -0.3 is 9.80 Å². The van der Waals surface area contributed by atoms with E-state index in [0.717, 1.165) is 30.8 Å². The quantitative estimate of drug-likeness (QED) is 0.775. The molecule has 1 aliphatic heterocycles. The van der Waals surface area contributed by atoms with Gasteiger partial charge in [-0.1, -0.05) is 22.0 Å². The van der Waals surface area contributed by atoms with E-state index in [1.54, 1.807) is 0 Å². The molecular weight excluding hydrogens is 266 g/mol. The lowest BCUT2D eigenvalue weighted by Crippen LogP contribution is -2.29. The van der Waals surface area contributed by atoms with Crippen molar-refractivity contribution in [2.75, 3.05) is 38.1 Å². The molecule has 0 spiro atoms. The van der Waals surface area contributed by atoms with Gasteiger partial charge in [0.05, 0.1) is 0 Å². The van der Waals surface area contributed by atoms with Gasteiger partial charge in [-0.25, -0.2) is 4.98 Å². The molecule has 0 saturated carbocycles. The lowest BCUT2D eigenvalue weighted by molar-refractivity contribution is 0.360. The second-order valence-electron chi connectivity index (χ2n) is 4.30. The minimum absolute atomic E-state index is 0.878. The zero-order valence-corrected chi connectivity index (χ0v) is 11.3. The maximum absolute atomic E-state index is 4.52. The molecule has 3 nitrogen and oxygen atoms in total. The standard InChI is InChI=1S/C12H18BrN3/c1-15-5-2-6-16(8-7-15)12-4-3-11(9-13)10-14-12/h3-4,10H,2,5-9H2,1H3. The van der Waals surface area contributed by atoms with Crippen molar-refractivity contribution >= 4 is 21.7 Å². The number of alkyl halides is 1. The molecule has 0 amide bonds. The number of nitrogens with zero attached hydrogens (tertiary/aromatic N) is 3.